The Morgan fingerprint density at radius 2 is 1.08 bits per heavy atom. The Balaban J connectivity index is 0. The van der Waals surface area contributed by atoms with Gasteiger partial charge in [0.15, 0.2) is 0 Å². The monoisotopic (exact) mass is 549 g/mol. The third kappa shape index (κ3) is 8.82. The molecule has 0 aliphatic heterocycles. The van der Waals surface area contributed by atoms with Crippen LogP contribution in [0, 0.1) is 0 Å². The van der Waals surface area contributed by atoms with Crippen LogP contribution in [0.25, 0.3) is 21.5 Å². The van der Waals surface area contributed by atoms with Crippen molar-refractivity contribution in [3.8, 4) is 0 Å². The molecule has 4 heteroatoms. The first-order valence-corrected chi connectivity index (χ1v) is 7.92. The van der Waals surface area contributed by atoms with Crippen LogP contribution in [0.3, 0.4) is 0 Å². The molecule has 0 nitrogen and oxygen atoms in total. The molecule has 4 aromatic rings. The Hall–Kier alpha value is -0.933. The van der Waals surface area contributed by atoms with Crippen molar-refractivity contribution in [2.24, 2.45) is 0 Å². The minimum absolute atomic E-state index is 0. The van der Waals surface area contributed by atoms with E-state index in [1.165, 1.54) is 21.5 Å². The normalized spacial score (nSPS) is 8.88. The van der Waals surface area contributed by atoms with Crippen LogP contribution in [-0.2, 0) is 25.8 Å². The van der Waals surface area contributed by atoms with Gasteiger partial charge in [-0.15, -0.1) is 65.0 Å². The van der Waals surface area contributed by atoms with Gasteiger partial charge in [-0.2, -0.15) is 35.0 Å². The second-order valence-electron chi connectivity index (χ2n) is 4.81. The number of hydrogen-bond acceptors (Lipinski definition) is 0. The molecular formula is C21H19Cl2HfSi. The van der Waals surface area contributed by atoms with Crippen molar-refractivity contribution < 1.29 is 50.7 Å². The first-order valence-electron chi connectivity index (χ1n) is 7.34. The zero-order chi connectivity index (χ0) is 15.6. The third-order valence-electron chi connectivity index (χ3n) is 3.26. The summed E-state index contributed by atoms with van der Waals surface area (Å²) in [7, 11) is 3.11. The Kier molecular flexibility index (Phi) is 16.1. The maximum Gasteiger partial charge on any atom is 4.00 e. The van der Waals surface area contributed by atoms with E-state index in [1.54, 1.807) is 5.70 Å². The first kappa shape index (κ1) is 26.3. The molecule has 0 amide bonds. The summed E-state index contributed by atoms with van der Waals surface area (Å²) in [5, 5.41) is 5.32. The van der Waals surface area contributed by atoms with Crippen LogP contribution in [-0.4, -0.2) is 10.2 Å². The van der Waals surface area contributed by atoms with E-state index < -0.39 is 0 Å². The topological polar surface area (TPSA) is 0 Å². The third-order valence-corrected chi connectivity index (χ3v) is 3.60. The van der Waals surface area contributed by atoms with Gasteiger partial charge in [-0.25, -0.2) is 0 Å². The Morgan fingerprint density at radius 3 is 1.40 bits per heavy atom. The van der Waals surface area contributed by atoms with Gasteiger partial charge in [-0.1, -0.05) is 18.2 Å². The fourth-order valence-electron chi connectivity index (χ4n) is 2.14. The summed E-state index contributed by atoms with van der Waals surface area (Å²) in [4.78, 5) is 0. The predicted molar refractivity (Wildman–Crippen MR) is 99.7 cm³/mol. The Morgan fingerprint density at radius 1 is 0.720 bits per heavy atom. The van der Waals surface area contributed by atoms with Gasteiger partial charge in [0.2, 0.25) is 0 Å². The minimum Gasteiger partial charge on any atom is -1.00 e. The van der Waals surface area contributed by atoms with Crippen LogP contribution in [0.2, 0.25) is 0 Å². The van der Waals surface area contributed by atoms with Gasteiger partial charge in [-0.05, 0) is 6.92 Å². The van der Waals surface area contributed by atoms with Gasteiger partial charge in [0.1, 0.15) is 0 Å². The average Bonchev–Trinajstić information content (AvgIpc) is 3.24. The number of hydrogen-bond donors (Lipinski definition) is 0. The maximum atomic E-state index is 3.11. The Bertz CT molecular complexity index is 703. The van der Waals surface area contributed by atoms with Crippen molar-refractivity contribution in [1.82, 2.24) is 0 Å². The molecule has 0 aliphatic carbocycles. The molecule has 4 rings (SSSR count). The molecule has 0 atom stereocenters. The van der Waals surface area contributed by atoms with Gasteiger partial charge in [0, 0.05) is 0 Å². The quantitative estimate of drug-likeness (QED) is 0.211. The molecule has 125 valence electrons. The van der Waals surface area contributed by atoms with Crippen molar-refractivity contribution in [2.45, 2.75) is 6.92 Å². The molecule has 0 spiro atoms. The molecule has 0 bridgehead atoms. The van der Waals surface area contributed by atoms with Gasteiger partial charge in [0.25, 0.3) is 0 Å². The number of allylic oxidation sites excluding steroid dienone is 1. The van der Waals surface area contributed by atoms with Crippen LogP contribution in [0.4, 0.5) is 0 Å². The SMILES string of the molecule is CC=C[Si].[Cl-].[Cl-].[Hf+4].c1ccc2[cH-]ccc2c1.c1ccc2[cH-]ccc2c1. The predicted octanol–water partition coefficient (Wildman–Crippen LogP) is -0.189. The summed E-state index contributed by atoms with van der Waals surface area (Å²) in [6, 6.07) is 29.3. The standard InChI is InChI=1S/2C9H7.C3H5Si.2ClH.Hf/c2*1-2-5-9-7-3-6-8(9)4-1;1-2-3-4;;;/h2*1-7H;2-3H,1H3;2*1H;/q2*-1;;;;+4/p-2. The van der Waals surface area contributed by atoms with Crippen molar-refractivity contribution >= 4 is 31.8 Å². The molecule has 0 aromatic heterocycles. The van der Waals surface area contributed by atoms with Crippen molar-refractivity contribution in [3.05, 3.63) is 96.7 Å². The van der Waals surface area contributed by atoms with Crippen LogP contribution in [0.15, 0.2) is 96.7 Å². The zero-order valence-electron chi connectivity index (χ0n) is 14.0. The van der Waals surface area contributed by atoms with Gasteiger partial charge in [-0.3, -0.25) is 0 Å². The fourth-order valence-corrected chi connectivity index (χ4v) is 2.14. The van der Waals surface area contributed by atoms with E-state index in [1.807, 2.05) is 13.0 Å². The summed E-state index contributed by atoms with van der Waals surface area (Å²) in [6.45, 7) is 1.95. The summed E-state index contributed by atoms with van der Waals surface area (Å²) in [5.41, 5.74) is 1.81. The van der Waals surface area contributed by atoms with E-state index in [9.17, 15) is 0 Å². The van der Waals surface area contributed by atoms with E-state index in [-0.39, 0.29) is 50.7 Å². The number of fused-ring (bicyclic) bond motifs is 2. The molecular weight excluding hydrogens is 530 g/mol. The van der Waals surface area contributed by atoms with Gasteiger partial charge in [0.05, 0.1) is 10.2 Å². The fraction of sp³-hybridized carbons (Fsp3) is 0.0476. The summed E-state index contributed by atoms with van der Waals surface area (Å²) in [5.74, 6) is 0. The number of benzene rings is 2. The van der Waals surface area contributed by atoms with Crippen LogP contribution in [0.5, 0.6) is 0 Å². The number of rotatable bonds is 0. The van der Waals surface area contributed by atoms with Crippen LogP contribution < -0.4 is 24.8 Å². The molecule has 0 aliphatic rings. The second-order valence-corrected chi connectivity index (χ2v) is 5.14. The molecule has 0 saturated heterocycles. The molecule has 0 heterocycles. The zero-order valence-corrected chi connectivity index (χ0v) is 20.1. The van der Waals surface area contributed by atoms with Crippen molar-refractivity contribution in [1.29, 1.82) is 0 Å². The van der Waals surface area contributed by atoms with Crippen LogP contribution >= 0.6 is 0 Å². The minimum atomic E-state index is 0. The summed E-state index contributed by atoms with van der Waals surface area (Å²) in [6.07, 6.45) is 1.91. The van der Waals surface area contributed by atoms with Gasteiger partial charge >= 0.3 is 25.8 Å². The van der Waals surface area contributed by atoms with E-state index >= 15 is 0 Å². The molecule has 0 N–H and O–H groups in total. The molecule has 3 radical (unpaired) electrons. The van der Waals surface area contributed by atoms with Crippen molar-refractivity contribution in [2.75, 3.05) is 0 Å². The first-order chi connectivity index (χ1) is 10.8. The van der Waals surface area contributed by atoms with E-state index in [2.05, 4.69) is 95.2 Å². The smallest absolute Gasteiger partial charge is 1.00 e. The van der Waals surface area contributed by atoms with Crippen LogP contribution in [0.1, 0.15) is 6.92 Å². The molecule has 0 unspecified atom stereocenters. The molecule has 4 aromatic carbocycles. The van der Waals surface area contributed by atoms with E-state index in [4.69, 9.17) is 0 Å². The molecule has 25 heavy (non-hydrogen) atoms. The van der Waals surface area contributed by atoms with E-state index in [0.29, 0.717) is 0 Å². The summed E-state index contributed by atoms with van der Waals surface area (Å²) >= 11 is 0. The second kappa shape index (κ2) is 15.3. The van der Waals surface area contributed by atoms with Crippen molar-refractivity contribution in [3.63, 3.8) is 0 Å². The molecule has 0 fully saturated rings. The average molecular weight is 549 g/mol. The van der Waals surface area contributed by atoms with E-state index in [0.717, 1.165) is 0 Å². The largest absolute Gasteiger partial charge is 4.00 e. The van der Waals surface area contributed by atoms with Gasteiger partial charge < -0.3 is 24.8 Å². The summed E-state index contributed by atoms with van der Waals surface area (Å²) < 4.78 is 0. The maximum absolute atomic E-state index is 3.11. The number of halogens is 2. The Labute approximate surface area is 185 Å². The molecule has 0 saturated carbocycles.